The van der Waals surface area contributed by atoms with Gasteiger partial charge in [-0.05, 0) is 18.6 Å². The highest BCUT2D eigenvalue weighted by atomic mass is 35.7. The maximum absolute atomic E-state index is 11.1. The van der Waals surface area contributed by atoms with Gasteiger partial charge in [-0.1, -0.05) is 0 Å². The third-order valence-electron chi connectivity index (χ3n) is 1.93. The molecule has 0 aromatic heterocycles. The standard InChI is InChI=1S/C8H7ClO4S/c1-5-2-6-7(13-4-12-6)3-8(5)14(9,10)11/h2-3H,4H2,1H3. The van der Waals surface area contributed by atoms with E-state index in [1.54, 1.807) is 13.0 Å². The highest BCUT2D eigenvalue weighted by Crippen LogP contribution is 2.36. The first-order valence-electron chi connectivity index (χ1n) is 3.83. The fourth-order valence-corrected chi connectivity index (χ4v) is 2.48. The lowest BCUT2D eigenvalue weighted by molar-refractivity contribution is 0.174. The number of hydrogen-bond donors (Lipinski definition) is 0. The third-order valence-corrected chi connectivity index (χ3v) is 3.40. The fourth-order valence-electron chi connectivity index (χ4n) is 1.29. The smallest absolute Gasteiger partial charge is 0.261 e. The topological polar surface area (TPSA) is 52.6 Å². The molecule has 0 spiro atoms. The van der Waals surface area contributed by atoms with E-state index in [-0.39, 0.29) is 11.7 Å². The van der Waals surface area contributed by atoms with Crippen molar-refractivity contribution in [1.29, 1.82) is 0 Å². The van der Waals surface area contributed by atoms with Crippen molar-refractivity contribution in [3.63, 3.8) is 0 Å². The van der Waals surface area contributed by atoms with E-state index in [9.17, 15) is 8.42 Å². The molecular weight excluding hydrogens is 228 g/mol. The summed E-state index contributed by atoms with van der Waals surface area (Å²) < 4.78 is 32.4. The highest BCUT2D eigenvalue weighted by Gasteiger charge is 2.21. The van der Waals surface area contributed by atoms with Gasteiger partial charge in [0, 0.05) is 16.7 Å². The Morgan fingerprint density at radius 3 is 2.43 bits per heavy atom. The van der Waals surface area contributed by atoms with E-state index in [0.717, 1.165) is 0 Å². The summed E-state index contributed by atoms with van der Waals surface area (Å²) in [6.07, 6.45) is 0. The van der Waals surface area contributed by atoms with Crippen molar-refractivity contribution in [3.05, 3.63) is 17.7 Å². The molecule has 0 unspecified atom stereocenters. The first kappa shape index (κ1) is 9.61. The van der Waals surface area contributed by atoms with E-state index >= 15 is 0 Å². The van der Waals surface area contributed by atoms with Crippen molar-refractivity contribution >= 4 is 19.7 Å². The number of rotatable bonds is 1. The molecule has 76 valence electrons. The molecule has 0 fully saturated rings. The van der Waals surface area contributed by atoms with Gasteiger partial charge in [0.2, 0.25) is 6.79 Å². The van der Waals surface area contributed by atoms with Crippen LogP contribution in [-0.2, 0) is 9.05 Å². The van der Waals surface area contributed by atoms with E-state index in [4.69, 9.17) is 20.2 Å². The summed E-state index contributed by atoms with van der Waals surface area (Å²) in [6.45, 7) is 1.76. The number of ether oxygens (including phenoxy) is 2. The van der Waals surface area contributed by atoms with Gasteiger partial charge in [-0.2, -0.15) is 0 Å². The summed E-state index contributed by atoms with van der Waals surface area (Å²) in [5.41, 5.74) is 0.546. The Kier molecular flexibility index (Phi) is 2.08. The molecule has 2 rings (SSSR count). The molecule has 1 heterocycles. The zero-order valence-electron chi connectivity index (χ0n) is 7.28. The van der Waals surface area contributed by atoms with Crippen LogP contribution in [0.25, 0.3) is 0 Å². The molecule has 1 aromatic carbocycles. The molecule has 14 heavy (non-hydrogen) atoms. The molecule has 0 saturated heterocycles. The van der Waals surface area contributed by atoms with Gasteiger partial charge in [0.25, 0.3) is 9.05 Å². The number of aryl methyl sites for hydroxylation is 1. The van der Waals surface area contributed by atoms with Gasteiger partial charge in [0.15, 0.2) is 11.5 Å². The second kappa shape index (κ2) is 3.03. The number of hydrogen-bond acceptors (Lipinski definition) is 4. The van der Waals surface area contributed by atoms with Crippen molar-refractivity contribution in [1.82, 2.24) is 0 Å². The summed E-state index contributed by atoms with van der Waals surface area (Å²) in [6, 6.07) is 2.97. The SMILES string of the molecule is Cc1cc2c(cc1S(=O)(=O)Cl)OCO2. The molecule has 4 nitrogen and oxygen atoms in total. The van der Waals surface area contributed by atoms with Crippen molar-refractivity contribution in [2.75, 3.05) is 6.79 Å². The molecule has 1 aromatic rings. The van der Waals surface area contributed by atoms with Crippen LogP contribution >= 0.6 is 10.7 Å². The molecule has 0 aliphatic carbocycles. The molecule has 0 saturated carbocycles. The number of halogens is 1. The molecule has 0 N–H and O–H groups in total. The van der Waals surface area contributed by atoms with Crippen LogP contribution in [0, 0.1) is 6.92 Å². The summed E-state index contributed by atoms with van der Waals surface area (Å²) in [5, 5.41) is 0. The number of fused-ring (bicyclic) bond motifs is 1. The first-order valence-corrected chi connectivity index (χ1v) is 6.14. The predicted octanol–water partition coefficient (Wildman–Crippen LogP) is 1.65. The summed E-state index contributed by atoms with van der Waals surface area (Å²) in [5.74, 6) is 0.960. The van der Waals surface area contributed by atoms with Crippen molar-refractivity contribution in [2.45, 2.75) is 11.8 Å². The zero-order valence-corrected chi connectivity index (χ0v) is 8.85. The molecule has 0 bridgehead atoms. The van der Waals surface area contributed by atoms with Crippen molar-refractivity contribution < 1.29 is 17.9 Å². The highest BCUT2D eigenvalue weighted by molar-refractivity contribution is 8.13. The average molecular weight is 235 g/mol. The molecule has 1 aliphatic rings. The monoisotopic (exact) mass is 234 g/mol. The minimum atomic E-state index is -3.72. The van der Waals surface area contributed by atoms with Gasteiger partial charge in [0.1, 0.15) is 0 Å². The minimum absolute atomic E-state index is 0.0587. The summed E-state index contributed by atoms with van der Waals surface area (Å²) in [7, 11) is 1.52. The molecule has 1 aliphatic heterocycles. The lowest BCUT2D eigenvalue weighted by Gasteiger charge is -2.03. The molecule has 0 atom stereocenters. The molecular formula is C8H7ClO4S. The molecule has 0 radical (unpaired) electrons. The predicted molar refractivity (Wildman–Crippen MR) is 50.3 cm³/mol. The van der Waals surface area contributed by atoms with Crippen LogP contribution in [0.15, 0.2) is 17.0 Å². The maximum Gasteiger partial charge on any atom is 0.261 e. The third kappa shape index (κ3) is 1.53. The summed E-state index contributed by atoms with van der Waals surface area (Å²) >= 11 is 0. The van der Waals surface area contributed by atoms with Crippen LogP contribution in [0.1, 0.15) is 5.56 Å². The summed E-state index contributed by atoms with van der Waals surface area (Å²) in [4.78, 5) is 0.0587. The van der Waals surface area contributed by atoms with Gasteiger partial charge in [-0.3, -0.25) is 0 Å². The normalized spacial score (nSPS) is 14.4. The lowest BCUT2D eigenvalue weighted by atomic mass is 10.2. The Morgan fingerprint density at radius 1 is 1.29 bits per heavy atom. The second-order valence-corrected chi connectivity index (χ2v) is 5.44. The van der Waals surface area contributed by atoms with E-state index in [0.29, 0.717) is 17.1 Å². The first-order chi connectivity index (χ1) is 6.48. The largest absolute Gasteiger partial charge is 0.454 e. The van der Waals surface area contributed by atoms with Crippen LogP contribution in [0.4, 0.5) is 0 Å². The number of benzene rings is 1. The van der Waals surface area contributed by atoms with Gasteiger partial charge >= 0.3 is 0 Å². The quantitative estimate of drug-likeness (QED) is 0.694. The second-order valence-electron chi connectivity index (χ2n) is 2.91. The molecule has 6 heteroatoms. The van der Waals surface area contributed by atoms with Crippen LogP contribution in [0.3, 0.4) is 0 Å². The zero-order chi connectivity index (χ0) is 10.3. The van der Waals surface area contributed by atoms with Gasteiger partial charge in [-0.15, -0.1) is 0 Å². The van der Waals surface area contributed by atoms with Crippen LogP contribution in [-0.4, -0.2) is 15.2 Å². The van der Waals surface area contributed by atoms with Crippen molar-refractivity contribution in [3.8, 4) is 11.5 Å². The Bertz CT molecular complexity index is 480. The van der Waals surface area contributed by atoms with Crippen molar-refractivity contribution in [2.24, 2.45) is 0 Å². The van der Waals surface area contributed by atoms with Gasteiger partial charge in [-0.25, -0.2) is 8.42 Å². The van der Waals surface area contributed by atoms with E-state index in [1.807, 2.05) is 0 Å². The van der Waals surface area contributed by atoms with Gasteiger partial charge in [0.05, 0.1) is 4.90 Å². The van der Waals surface area contributed by atoms with E-state index < -0.39 is 9.05 Å². The Labute approximate surface area is 85.8 Å². The Morgan fingerprint density at radius 2 is 1.86 bits per heavy atom. The van der Waals surface area contributed by atoms with E-state index in [2.05, 4.69) is 0 Å². The fraction of sp³-hybridized carbons (Fsp3) is 0.250. The van der Waals surface area contributed by atoms with Crippen LogP contribution < -0.4 is 9.47 Å². The van der Waals surface area contributed by atoms with Crippen LogP contribution in [0.5, 0.6) is 11.5 Å². The lowest BCUT2D eigenvalue weighted by Crippen LogP contribution is -1.94. The maximum atomic E-state index is 11.1. The van der Waals surface area contributed by atoms with Crippen LogP contribution in [0.2, 0.25) is 0 Å². The van der Waals surface area contributed by atoms with E-state index in [1.165, 1.54) is 6.07 Å². The molecule has 0 amide bonds. The Hall–Kier alpha value is -0.940. The minimum Gasteiger partial charge on any atom is -0.454 e. The van der Waals surface area contributed by atoms with Gasteiger partial charge < -0.3 is 9.47 Å². The Balaban J connectivity index is 2.65. The average Bonchev–Trinajstić information content (AvgIpc) is 2.47.